The van der Waals surface area contributed by atoms with Crippen molar-refractivity contribution in [1.82, 2.24) is 0 Å². The van der Waals surface area contributed by atoms with Gasteiger partial charge in [-0.15, -0.1) is 0 Å². The molecular weight excluding hydrogens is 266 g/mol. The van der Waals surface area contributed by atoms with Crippen molar-refractivity contribution in [3.8, 4) is 0 Å². The number of hydrogen-bond acceptors (Lipinski definition) is 4. The van der Waals surface area contributed by atoms with Gasteiger partial charge in [-0.25, -0.2) is 0 Å². The molecule has 5 nitrogen and oxygen atoms in total. The maximum absolute atomic E-state index is 11.0. The Labute approximate surface area is 127 Å². The molecule has 0 heterocycles. The summed E-state index contributed by atoms with van der Waals surface area (Å²) in [6, 6.07) is 5.42. The number of nitrogens with zero attached hydrogens (tertiary/aromatic N) is 1. The summed E-state index contributed by atoms with van der Waals surface area (Å²) >= 11 is 0. The molecule has 1 rings (SSSR count). The lowest BCUT2D eigenvalue weighted by molar-refractivity contribution is -0.384. The van der Waals surface area contributed by atoms with Gasteiger partial charge in [-0.05, 0) is 26.3 Å². The smallest absolute Gasteiger partial charge is 0.273 e. The Hall–Kier alpha value is -1.78. The lowest BCUT2D eigenvalue weighted by atomic mass is 10.1. The van der Waals surface area contributed by atoms with Gasteiger partial charge in [0.1, 0.15) is 0 Å². The number of rotatable bonds is 10. The number of nitro groups is 1. The highest BCUT2D eigenvalue weighted by atomic mass is 16.6. The quantitative estimate of drug-likeness (QED) is 0.369. The van der Waals surface area contributed by atoms with Gasteiger partial charge in [0.2, 0.25) is 0 Å². The average molecular weight is 293 g/mol. The Morgan fingerprint density at radius 1 is 1.14 bits per heavy atom. The fourth-order valence-electron chi connectivity index (χ4n) is 2.34. The molecule has 0 bridgehead atoms. The molecule has 1 unspecified atom stereocenters. The van der Waals surface area contributed by atoms with Crippen LogP contribution in [0.4, 0.5) is 17.1 Å². The van der Waals surface area contributed by atoms with Crippen LogP contribution in [-0.2, 0) is 0 Å². The Morgan fingerprint density at radius 2 is 1.86 bits per heavy atom. The second-order valence-electron chi connectivity index (χ2n) is 5.45. The highest BCUT2D eigenvalue weighted by Crippen LogP contribution is 2.25. The molecule has 2 N–H and O–H groups in total. The van der Waals surface area contributed by atoms with Crippen LogP contribution in [0.5, 0.6) is 0 Å². The van der Waals surface area contributed by atoms with Crippen LogP contribution in [0.1, 0.15) is 52.9 Å². The van der Waals surface area contributed by atoms with Crippen molar-refractivity contribution in [1.29, 1.82) is 0 Å². The van der Waals surface area contributed by atoms with Crippen molar-refractivity contribution < 1.29 is 4.92 Å². The van der Waals surface area contributed by atoms with E-state index in [9.17, 15) is 10.1 Å². The van der Waals surface area contributed by atoms with Crippen LogP contribution in [0.2, 0.25) is 0 Å². The van der Waals surface area contributed by atoms with Crippen molar-refractivity contribution in [2.45, 2.75) is 58.9 Å². The van der Waals surface area contributed by atoms with Gasteiger partial charge in [-0.1, -0.05) is 32.6 Å². The summed E-state index contributed by atoms with van der Waals surface area (Å²) in [6.45, 7) is 7.04. The van der Waals surface area contributed by atoms with E-state index in [1.807, 2.05) is 13.0 Å². The van der Waals surface area contributed by atoms with Crippen LogP contribution in [0.25, 0.3) is 0 Å². The van der Waals surface area contributed by atoms with Crippen LogP contribution >= 0.6 is 0 Å². The molecule has 0 spiro atoms. The molecule has 0 aliphatic carbocycles. The molecule has 0 saturated carbocycles. The molecule has 0 aliphatic rings. The Morgan fingerprint density at radius 3 is 2.48 bits per heavy atom. The second-order valence-corrected chi connectivity index (χ2v) is 5.45. The van der Waals surface area contributed by atoms with E-state index in [0.717, 1.165) is 24.3 Å². The van der Waals surface area contributed by atoms with Crippen molar-refractivity contribution >= 4 is 17.1 Å². The summed E-state index contributed by atoms with van der Waals surface area (Å²) < 4.78 is 0. The van der Waals surface area contributed by atoms with E-state index in [-0.39, 0.29) is 10.6 Å². The third-order valence-electron chi connectivity index (χ3n) is 3.41. The average Bonchev–Trinajstić information content (AvgIpc) is 2.43. The number of anilines is 2. The zero-order valence-corrected chi connectivity index (χ0v) is 13.3. The maximum Gasteiger partial charge on any atom is 0.273 e. The molecule has 1 aromatic carbocycles. The Balaban J connectivity index is 2.65. The highest BCUT2D eigenvalue weighted by molar-refractivity contribution is 5.63. The van der Waals surface area contributed by atoms with E-state index in [2.05, 4.69) is 24.5 Å². The Kier molecular flexibility index (Phi) is 7.58. The maximum atomic E-state index is 11.0. The molecule has 1 atom stereocenters. The molecule has 5 heteroatoms. The molecule has 0 aromatic heterocycles. The van der Waals surface area contributed by atoms with Crippen LogP contribution in [0.3, 0.4) is 0 Å². The minimum absolute atomic E-state index is 0.120. The third-order valence-corrected chi connectivity index (χ3v) is 3.41. The lowest BCUT2D eigenvalue weighted by Crippen LogP contribution is -2.15. The van der Waals surface area contributed by atoms with E-state index < -0.39 is 0 Å². The number of non-ortho nitro benzene ring substituents is 1. The predicted molar refractivity (Wildman–Crippen MR) is 89.1 cm³/mol. The van der Waals surface area contributed by atoms with Crippen molar-refractivity contribution in [3.05, 3.63) is 28.3 Å². The fourth-order valence-corrected chi connectivity index (χ4v) is 2.34. The zero-order valence-electron chi connectivity index (χ0n) is 13.3. The summed E-state index contributed by atoms with van der Waals surface area (Å²) in [5.41, 5.74) is 1.71. The van der Waals surface area contributed by atoms with Gasteiger partial charge in [-0.2, -0.15) is 0 Å². The van der Waals surface area contributed by atoms with Crippen LogP contribution in [-0.4, -0.2) is 17.5 Å². The molecule has 0 fully saturated rings. The SMILES string of the molecule is CCCCCCC(C)Nc1cc(NCC)cc([N+](=O)[O-])c1. The van der Waals surface area contributed by atoms with Crippen molar-refractivity contribution in [2.24, 2.45) is 0 Å². The first-order valence-electron chi connectivity index (χ1n) is 7.86. The van der Waals surface area contributed by atoms with Gasteiger partial charge in [0, 0.05) is 36.1 Å². The zero-order chi connectivity index (χ0) is 15.7. The lowest BCUT2D eigenvalue weighted by Gasteiger charge is -2.16. The largest absolute Gasteiger partial charge is 0.385 e. The van der Waals surface area contributed by atoms with E-state index >= 15 is 0 Å². The van der Waals surface area contributed by atoms with Crippen LogP contribution in [0.15, 0.2) is 18.2 Å². The molecule has 1 aromatic rings. The minimum atomic E-state index is -0.349. The molecule has 21 heavy (non-hydrogen) atoms. The standard InChI is InChI=1S/C16H27N3O2/c1-4-6-7-8-9-13(3)18-15-10-14(17-5-2)11-16(12-15)19(20)21/h10-13,17-18H,4-9H2,1-3H3. The Bertz CT molecular complexity index is 449. The summed E-state index contributed by atoms with van der Waals surface area (Å²) in [6.07, 6.45) is 6.03. The minimum Gasteiger partial charge on any atom is -0.385 e. The van der Waals surface area contributed by atoms with E-state index in [0.29, 0.717) is 6.04 Å². The first-order chi connectivity index (χ1) is 10.1. The second kappa shape index (κ2) is 9.21. The first-order valence-corrected chi connectivity index (χ1v) is 7.86. The van der Waals surface area contributed by atoms with Crippen molar-refractivity contribution in [3.63, 3.8) is 0 Å². The van der Waals surface area contributed by atoms with Gasteiger partial charge in [0.05, 0.1) is 4.92 Å². The van der Waals surface area contributed by atoms with E-state index in [4.69, 9.17) is 0 Å². The predicted octanol–water partition coefficient (Wildman–Crippen LogP) is 4.80. The van der Waals surface area contributed by atoms with Gasteiger partial charge in [0.15, 0.2) is 0 Å². The molecule has 0 radical (unpaired) electrons. The number of unbranched alkanes of at least 4 members (excludes halogenated alkanes) is 3. The molecular formula is C16H27N3O2. The number of nitrogens with one attached hydrogen (secondary N) is 2. The monoisotopic (exact) mass is 293 g/mol. The van der Waals surface area contributed by atoms with E-state index in [1.54, 1.807) is 12.1 Å². The number of nitro benzene ring substituents is 1. The number of benzene rings is 1. The van der Waals surface area contributed by atoms with Gasteiger partial charge in [-0.3, -0.25) is 10.1 Å². The molecule has 0 aliphatic heterocycles. The van der Waals surface area contributed by atoms with Gasteiger partial charge < -0.3 is 10.6 Å². The molecule has 0 saturated heterocycles. The van der Waals surface area contributed by atoms with Gasteiger partial charge >= 0.3 is 0 Å². The molecule has 0 amide bonds. The van der Waals surface area contributed by atoms with Crippen LogP contribution in [0, 0.1) is 10.1 Å². The first kappa shape index (κ1) is 17.3. The number of hydrogen-bond donors (Lipinski definition) is 2. The highest BCUT2D eigenvalue weighted by Gasteiger charge is 2.11. The van der Waals surface area contributed by atoms with Crippen LogP contribution < -0.4 is 10.6 Å². The summed E-state index contributed by atoms with van der Waals surface area (Å²) in [4.78, 5) is 10.6. The van der Waals surface area contributed by atoms with Crippen molar-refractivity contribution in [2.75, 3.05) is 17.2 Å². The normalized spacial score (nSPS) is 12.0. The fraction of sp³-hybridized carbons (Fsp3) is 0.625. The molecule has 118 valence electrons. The topological polar surface area (TPSA) is 67.2 Å². The van der Waals surface area contributed by atoms with Gasteiger partial charge in [0.25, 0.3) is 5.69 Å². The summed E-state index contributed by atoms with van der Waals surface area (Å²) in [5, 5.41) is 17.5. The third kappa shape index (κ3) is 6.47. The summed E-state index contributed by atoms with van der Waals surface area (Å²) in [5.74, 6) is 0. The summed E-state index contributed by atoms with van der Waals surface area (Å²) in [7, 11) is 0. The van der Waals surface area contributed by atoms with E-state index in [1.165, 1.54) is 25.7 Å².